The molecule has 0 aromatic heterocycles. The molecule has 1 fully saturated rings. The number of hydrogen-bond acceptors (Lipinski definition) is 3. The van der Waals surface area contributed by atoms with E-state index in [4.69, 9.17) is 21.1 Å². The number of cyclic esters (lactones) is 1. The molecule has 4 nitrogen and oxygen atoms in total. The Morgan fingerprint density at radius 2 is 2.44 bits per heavy atom. The minimum atomic E-state index is -0.392. The first-order chi connectivity index (χ1) is 7.65. The van der Waals surface area contributed by atoms with E-state index in [1.165, 1.54) is 0 Å². The highest BCUT2D eigenvalue weighted by Gasteiger charge is 2.23. The molecule has 2 rings (SSSR count). The molecular formula is C11H12ClNO3. The normalized spacial score (nSPS) is 19.1. The van der Waals surface area contributed by atoms with Crippen LogP contribution in [-0.2, 0) is 4.74 Å². The molecule has 1 aliphatic heterocycles. The Kier molecular flexibility index (Phi) is 3.19. The molecule has 1 aromatic rings. The van der Waals surface area contributed by atoms with Crippen molar-refractivity contribution in [3.8, 4) is 5.75 Å². The summed E-state index contributed by atoms with van der Waals surface area (Å²) in [6, 6.07) is 5.44. The predicted molar refractivity (Wildman–Crippen MR) is 60.0 cm³/mol. The lowest BCUT2D eigenvalue weighted by molar-refractivity contribution is 0.104. The largest absolute Gasteiger partial charge is 0.489 e. The summed E-state index contributed by atoms with van der Waals surface area (Å²) >= 11 is 5.86. The van der Waals surface area contributed by atoms with Crippen LogP contribution in [0.4, 0.5) is 4.79 Å². The third-order valence-electron chi connectivity index (χ3n) is 2.32. The van der Waals surface area contributed by atoms with Crippen molar-refractivity contribution in [3.63, 3.8) is 0 Å². The van der Waals surface area contributed by atoms with Gasteiger partial charge in [0.05, 0.1) is 6.54 Å². The molecular weight excluding hydrogens is 230 g/mol. The highest BCUT2D eigenvalue weighted by molar-refractivity contribution is 6.30. The van der Waals surface area contributed by atoms with E-state index in [2.05, 4.69) is 5.32 Å². The maximum Gasteiger partial charge on any atom is 0.407 e. The minimum absolute atomic E-state index is 0.231. The molecule has 0 radical (unpaired) electrons. The van der Waals surface area contributed by atoms with Gasteiger partial charge in [0.15, 0.2) is 6.10 Å². The summed E-state index contributed by atoms with van der Waals surface area (Å²) in [7, 11) is 0. The quantitative estimate of drug-likeness (QED) is 0.882. The fourth-order valence-electron chi connectivity index (χ4n) is 1.44. The summed E-state index contributed by atoms with van der Waals surface area (Å²) in [5.74, 6) is 0.718. The Balaban J connectivity index is 1.94. The Morgan fingerprint density at radius 3 is 3.12 bits per heavy atom. The lowest BCUT2D eigenvalue weighted by Crippen LogP contribution is -2.22. The van der Waals surface area contributed by atoms with Crippen LogP contribution < -0.4 is 10.1 Å². The highest BCUT2D eigenvalue weighted by Crippen LogP contribution is 2.22. The van der Waals surface area contributed by atoms with Crippen molar-refractivity contribution in [2.45, 2.75) is 13.0 Å². The zero-order chi connectivity index (χ0) is 11.5. The van der Waals surface area contributed by atoms with Gasteiger partial charge in [-0.1, -0.05) is 17.7 Å². The van der Waals surface area contributed by atoms with E-state index in [1.807, 2.05) is 13.0 Å². The van der Waals surface area contributed by atoms with E-state index in [9.17, 15) is 4.79 Å². The van der Waals surface area contributed by atoms with Crippen LogP contribution in [0.2, 0.25) is 5.02 Å². The van der Waals surface area contributed by atoms with Crippen molar-refractivity contribution in [2.24, 2.45) is 0 Å². The Hall–Kier alpha value is -1.42. The smallest absolute Gasteiger partial charge is 0.407 e. The number of ether oxygens (including phenoxy) is 2. The highest BCUT2D eigenvalue weighted by atomic mass is 35.5. The topological polar surface area (TPSA) is 47.6 Å². The maximum absolute atomic E-state index is 10.8. The van der Waals surface area contributed by atoms with Crippen LogP contribution in [0, 0.1) is 6.92 Å². The van der Waals surface area contributed by atoms with Crippen LogP contribution in [0.25, 0.3) is 0 Å². The number of amides is 1. The number of hydrogen-bond donors (Lipinski definition) is 1. The first-order valence-corrected chi connectivity index (χ1v) is 5.36. The van der Waals surface area contributed by atoms with E-state index in [0.717, 1.165) is 11.3 Å². The summed E-state index contributed by atoms with van der Waals surface area (Å²) in [4.78, 5) is 10.8. The Morgan fingerprint density at radius 1 is 1.62 bits per heavy atom. The molecule has 0 spiro atoms. The summed E-state index contributed by atoms with van der Waals surface area (Å²) < 4.78 is 10.5. The van der Waals surface area contributed by atoms with Crippen LogP contribution in [0.15, 0.2) is 18.2 Å². The van der Waals surface area contributed by atoms with Crippen LogP contribution in [-0.4, -0.2) is 25.3 Å². The van der Waals surface area contributed by atoms with Gasteiger partial charge in [-0.05, 0) is 24.6 Å². The molecule has 16 heavy (non-hydrogen) atoms. The average molecular weight is 242 g/mol. The molecule has 1 saturated heterocycles. The lowest BCUT2D eigenvalue weighted by atomic mass is 10.2. The molecule has 0 saturated carbocycles. The number of benzene rings is 1. The fraction of sp³-hybridized carbons (Fsp3) is 0.364. The van der Waals surface area contributed by atoms with E-state index < -0.39 is 6.09 Å². The van der Waals surface area contributed by atoms with Crippen molar-refractivity contribution >= 4 is 17.7 Å². The van der Waals surface area contributed by atoms with Gasteiger partial charge in [-0.3, -0.25) is 0 Å². The second kappa shape index (κ2) is 4.61. The minimum Gasteiger partial charge on any atom is -0.489 e. The number of nitrogens with one attached hydrogen (secondary N) is 1. The Labute approximate surface area is 98.5 Å². The number of carbonyl (C=O) groups excluding carboxylic acids is 1. The van der Waals surface area contributed by atoms with Gasteiger partial charge in [-0.2, -0.15) is 0 Å². The maximum atomic E-state index is 10.8. The number of aryl methyl sites for hydroxylation is 1. The van der Waals surface area contributed by atoms with Crippen LogP contribution >= 0.6 is 11.6 Å². The van der Waals surface area contributed by atoms with Crippen molar-refractivity contribution in [1.29, 1.82) is 0 Å². The van der Waals surface area contributed by atoms with Crippen LogP contribution in [0.3, 0.4) is 0 Å². The van der Waals surface area contributed by atoms with Crippen molar-refractivity contribution < 1.29 is 14.3 Å². The third kappa shape index (κ3) is 2.58. The first-order valence-electron chi connectivity index (χ1n) is 4.98. The monoisotopic (exact) mass is 241 g/mol. The van der Waals surface area contributed by atoms with Crippen LogP contribution in [0.1, 0.15) is 5.56 Å². The van der Waals surface area contributed by atoms with E-state index in [1.54, 1.807) is 12.1 Å². The van der Waals surface area contributed by atoms with Gasteiger partial charge in [0.25, 0.3) is 0 Å². The van der Waals surface area contributed by atoms with E-state index >= 15 is 0 Å². The molecule has 1 aliphatic rings. The number of alkyl carbamates (subject to hydrolysis) is 1. The molecule has 1 N–H and O–H groups in total. The van der Waals surface area contributed by atoms with Crippen molar-refractivity contribution in [1.82, 2.24) is 5.32 Å². The molecule has 1 atom stereocenters. The molecule has 86 valence electrons. The molecule has 0 bridgehead atoms. The summed E-state index contributed by atoms with van der Waals surface area (Å²) in [5.41, 5.74) is 1.00. The standard InChI is InChI=1S/C11H12ClNO3/c1-7-2-3-8(12)4-10(7)15-6-9-5-13-11(14)16-9/h2-4,9H,5-6H2,1H3,(H,13,14). The fourth-order valence-corrected chi connectivity index (χ4v) is 1.60. The predicted octanol–water partition coefficient (Wildman–Crippen LogP) is 2.14. The second-order valence-electron chi connectivity index (χ2n) is 3.63. The van der Waals surface area contributed by atoms with Gasteiger partial charge >= 0.3 is 6.09 Å². The van der Waals surface area contributed by atoms with Crippen molar-refractivity contribution in [3.05, 3.63) is 28.8 Å². The van der Waals surface area contributed by atoms with E-state index in [-0.39, 0.29) is 6.10 Å². The molecule has 1 aromatic carbocycles. The average Bonchev–Trinajstić information content (AvgIpc) is 2.66. The van der Waals surface area contributed by atoms with Gasteiger partial charge in [0.1, 0.15) is 12.4 Å². The number of carbonyl (C=O) groups is 1. The van der Waals surface area contributed by atoms with E-state index in [0.29, 0.717) is 18.2 Å². The van der Waals surface area contributed by atoms with Gasteiger partial charge in [-0.25, -0.2) is 4.79 Å². The third-order valence-corrected chi connectivity index (χ3v) is 2.56. The SMILES string of the molecule is Cc1ccc(Cl)cc1OCC1CNC(=O)O1. The summed E-state index contributed by atoms with van der Waals surface area (Å²) in [5, 5.41) is 3.19. The number of halogens is 1. The zero-order valence-electron chi connectivity index (χ0n) is 8.83. The summed E-state index contributed by atoms with van der Waals surface area (Å²) in [6.07, 6.45) is -0.623. The first kappa shape index (κ1) is 11.1. The van der Waals surface area contributed by atoms with Crippen molar-refractivity contribution in [2.75, 3.05) is 13.2 Å². The lowest BCUT2D eigenvalue weighted by Gasteiger charge is -2.12. The zero-order valence-corrected chi connectivity index (χ0v) is 9.58. The Bertz CT molecular complexity index is 408. The second-order valence-corrected chi connectivity index (χ2v) is 4.07. The molecule has 1 heterocycles. The molecule has 1 unspecified atom stereocenters. The van der Waals surface area contributed by atoms with Gasteiger partial charge in [0.2, 0.25) is 0 Å². The van der Waals surface area contributed by atoms with Gasteiger partial charge < -0.3 is 14.8 Å². The van der Waals surface area contributed by atoms with Crippen LogP contribution in [0.5, 0.6) is 5.75 Å². The van der Waals surface area contributed by atoms with Gasteiger partial charge in [-0.15, -0.1) is 0 Å². The summed E-state index contributed by atoms with van der Waals surface area (Å²) in [6.45, 7) is 2.75. The molecule has 1 amide bonds. The molecule has 5 heteroatoms. The number of rotatable bonds is 3. The van der Waals surface area contributed by atoms with Gasteiger partial charge in [0, 0.05) is 5.02 Å². The molecule has 0 aliphatic carbocycles.